The number of sulfone groups is 1. The highest BCUT2D eigenvalue weighted by Gasteiger charge is 2.39. The number of rotatable bonds is 2. The molecule has 1 fully saturated rings. The molecule has 6 nitrogen and oxygen atoms in total. The number of nitrogens with one attached hydrogen (secondary N) is 2. The Hall–Kier alpha value is -1.54. The molecule has 1 aromatic carbocycles. The van der Waals surface area contributed by atoms with Crippen LogP contribution >= 0.6 is 11.8 Å². The van der Waals surface area contributed by atoms with E-state index >= 15 is 0 Å². The molecule has 0 spiro atoms. The van der Waals surface area contributed by atoms with Crippen molar-refractivity contribution in [3.63, 3.8) is 0 Å². The maximum Gasteiger partial charge on any atom is 0.251 e. The average Bonchev–Trinajstić information content (AvgIpc) is 2.73. The van der Waals surface area contributed by atoms with Crippen molar-refractivity contribution in [2.45, 2.75) is 36.0 Å². The maximum absolute atomic E-state index is 12.4. The van der Waals surface area contributed by atoms with Crippen LogP contribution in [0.2, 0.25) is 0 Å². The first kappa shape index (κ1) is 16.3. The number of benzene rings is 1. The standard InChI is InChI=1S/C15H18N2O4S2/c1-9-13(18)16-11-7-10(3-4-12(11)22-9)14(19)17-15(2)5-6-23(20,21)8-15/h3-4,7,9H,5-6,8H2,1-2H3,(H,16,18)(H,17,19)/t9-,15-/m0/s1. The van der Waals surface area contributed by atoms with E-state index in [-0.39, 0.29) is 28.6 Å². The van der Waals surface area contributed by atoms with E-state index in [0.717, 1.165) is 4.90 Å². The van der Waals surface area contributed by atoms with Crippen molar-refractivity contribution in [3.8, 4) is 0 Å². The topological polar surface area (TPSA) is 92.3 Å². The van der Waals surface area contributed by atoms with Gasteiger partial charge in [-0.15, -0.1) is 11.8 Å². The normalized spacial score (nSPS) is 28.8. The Morgan fingerprint density at radius 1 is 1.43 bits per heavy atom. The molecule has 2 aliphatic heterocycles. The molecule has 124 valence electrons. The summed E-state index contributed by atoms with van der Waals surface area (Å²) in [5.74, 6) is -0.363. The summed E-state index contributed by atoms with van der Waals surface area (Å²) in [5.41, 5.74) is 0.290. The van der Waals surface area contributed by atoms with Gasteiger partial charge in [0.25, 0.3) is 5.91 Å². The summed E-state index contributed by atoms with van der Waals surface area (Å²) in [5, 5.41) is 5.44. The molecule has 0 aromatic heterocycles. The van der Waals surface area contributed by atoms with Gasteiger partial charge in [0.15, 0.2) is 9.84 Å². The number of thioether (sulfide) groups is 1. The molecule has 0 bridgehead atoms. The highest BCUT2D eigenvalue weighted by Crippen LogP contribution is 2.36. The van der Waals surface area contributed by atoms with Gasteiger partial charge in [-0.05, 0) is 38.5 Å². The Kier molecular flexibility index (Phi) is 3.92. The first-order valence-corrected chi connectivity index (χ1v) is 10.0. The number of carbonyl (C=O) groups excluding carboxylic acids is 2. The van der Waals surface area contributed by atoms with Crippen LogP contribution in [-0.2, 0) is 14.6 Å². The lowest BCUT2D eigenvalue weighted by Crippen LogP contribution is -2.46. The zero-order valence-corrected chi connectivity index (χ0v) is 14.5. The van der Waals surface area contributed by atoms with Gasteiger partial charge in [0.2, 0.25) is 5.91 Å². The van der Waals surface area contributed by atoms with Gasteiger partial charge in [0.1, 0.15) is 0 Å². The monoisotopic (exact) mass is 354 g/mol. The molecule has 2 amide bonds. The van der Waals surface area contributed by atoms with Gasteiger partial charge >= 0.3 is 0 Å². The van der Waals surface area contributed by atoms with Crippen molar-refractivity contribution in [1.82, 2.24) is 5.32 Å². The third-order valence-corrected chi connectivity index (χ3v) is 7.17. The van der Waals surface area contributed by atoms with Gasteiger partial charge < -0.3 is 10.6 Å². The molecule has 2 aliphatic rings. The van der Waals surface area contributed by atoms with Crippen molar-refractivity contribution in [2.75, 3.05) is 16.8 Å². The lowest BCUT2D eigenvalue weighted by Gasteiger charge is -2.25. The van der Waals surface area contributed by atoms with E-state index in [0.29, 0.717) is 17.7 Å². The maximum atomic E-state index is 12.4. The van der Waals surface area contributed by atoms with Crippen molar-refractivity contribution in [3.05, 3.63) is 23.8 Å². The number of hydrogen-bond acceptors (Lipinski definition) is 5. The van der Waals surface area contributed by atoms with E-state index in [4.69, 9.17) is 0 Å². The first-order valence-electron chi connectivity index (χ1n) is 7.32. The minimum absolute atomic E-state index is 0.0409. The summed E-state index contributed by atoms with van der Waals surface area (Å²) in [6.07, 6.45) is 0.413. The second kappa shape index (κ2) is 5.52. The SMILES string of the molecule is C[C@@H]1Sc2ccc(C(=O)N[C@@]3(C)CCS(=O)(=O)C3)cc2NC1=O. The van der Waals surface area contributed by atoms with Gasteiger partial charge in [-0.25, -0.2) is 8.42 Å². The fourth-order valence-corrected chi connectivity index (χ4v) is 5.83. The molecule has 0 radical (unpaired) electrons. The van der Waals surface area contributed by atoms with Crippen molar-refractivity contribution in [2.24, 2.45) is 0 Å². The Balaban J connectivity index is 1.79. The van der Waals surface area contributed by atoms with Crippen LogP contribution in [0.4, 0.5) is 5.69 Å². The van der Waals surface area contributed by atoms with E-state index in [1.54, 1.807) is 25.1 Å². The molecule has 1 saturated heterocycles. The summed E-state index contributed by atoms with van der Waals surface area (Å²) >= 11 is 1.45. The van der Waals surface area contributed by atoms with Crippen LogP contribution in [0.15, 0.2) is 23.1 Å². The average molecular weight is 354 g/mol. The third-order valence-electron chi connectivity index (χ3n) is 4.09. The Morgan fingerprint density at radius 2 is 2.17 bits per heavy atom. The van der Waals surface area contributed by atoms with Gasteiger partial charge in [0.05, 0.1) is 28.0 Å². The van der Waals surface area contributed by atoms with Crippen molar-refractivity contribution in [1.29, 1.82) is 0 Å². The molecule has 0 unspecified atom stereocenters. The van der Waals surface area contributed by atoms with E-state index in [1.165, 1.54) is 11.8 Å². The number of hydrogen-bond donors (Lipinski definition) is 2. The lowest BCUT2D eigenvalue weighted by atomic mass is 10.0. The van der Waals surface area contributed by atoms with Crippen LogP contribution in [0, 0.1) is 0 Å². The van der Waals surface area contributed by atoms with Crippen molar-refractivity contribution < 1.29 is 18.0 Å². The second-order valence-electron chi connectivity index (χ2n) is 6.32. The second-order valence-corrected chi connectivity index (χ2v) is 9.88. The smallest absolute Gasteiger partial charge is 0.251 e. The molecule has 3 rings (SSSR count). The van der Waals surface area contributed by atoms with Gasteiger partial charge in [-0.1, -0.05) is 0 Å². The van der Waals surface area contributed by atoms with Crippen LogP contribution in [0.3, 0.4) is 0 Å². The van der Waals surface area contributed by atoms with Gasteiger partial charge in [-0.2, -0.15) is 0 Å². The molecule has 2 atom stereocenters. The molecule has 2 heterocycles. The molecule has 2 N–H and O–H groups in total. The summed E-state index contributed by atoms with van der Waals surface area (Å²) in [6.45, 7) is 3.57. The Morgan fingerprint density at radius 3 is 2.83 bits per heavy atom. The molecule has 1 aromatic rings. The van der Waals surface area contributed by atoms with Crippen LogP contribution in [0.25, 0.3) is 0 Å². The highest BCUT2D eigenvalue weighted by atomic mass is 32.2. The minimum atomic E-state index is -3.08. The number of carbonyl (C=O) groups is 2. The molecule has 23 heavy (non-hydrogen) atoms. The molecule has 8 heteroatoms. The largest absolute Gasteiger partial charge is 0.346 e. The predicted molar refractivity (Wildman–Crippen MR) is 89.5 cm³/mol. The molecular formula is C15H18N2O4S2. The van der Waals surface area contributed by atoms with E-state index in [2.05, 4.69) is 10.6 Å². The van der Waals surface area contributed by atoms with Crippen LogP contribution in [-0.4, -0.2) is 42.5 Å². The lowest BCUT2D eigenvalue weighted by molar-refractivity contribution is -0.115. The van der Waals surface area contributed by atoms with Crippen LogP contribution < -0.4 is 10.6 Å². The quantitative estimate of drug-likeness (QED) is 0.838. The number of fused-ring (bicyclic) bond motifs is 1. The predicted octanol–water partition coefficient (Wildman–Crippen LogP) is 1.43. The first-order chi connectivity index (χ1) is 10.7. The summed E-state index contributed by atoms with van der Waals surface area (Å²) in [7, 11) is -3.08. The van der Waals surface area contributed by atoms with Crippen molar-refractivity contribution >= 4 is 39.1 Å². The highest BCUT2D eigenvalue weighted by molar-refractivity contribution is 8.01. The third kappa shape index (κ3) is 3.37. The zero-order valence-electron chi connectivity index (χ0n) is 12.9. The van der Waals surface area contributed by atoms with Gasteiger partial charge in [0, 0.05) is 10.5 Å². The summed E-state index contributed by atoms with van der Waals surface area (Å²) < 4.78 is 23.2. The van der Waals surface area contributed by atoms with E-state index in [9.17, 15) is 18.0 Å². The molecular weight excluding hydrogens is 336 g/mol. The minimum Gasteiger partial charge on any atom is -0.346 e. The zero-order chi connectivity index (χ0) is 16.8. The van der Waals surface area contributed by atoms with E-state index < -0.39 is 15.4 Å². The molecule has 0 aliphatic carbocycles. The fraction of sp³-hybridized carbons (Fsp3) is 0.467. The summed E-state index contributed by atoms with van der Waals surface area (Å²) in [4.78, 5) is 25.1. The number of amides is 2. The fourth-order valence-electron chi connectivity index (χ4n) is 2.81. The van der Waals surface area contributed by atoms with E-state index in [1.807, 2.05) is 6.92 Å². The number of anilines is 1. The Bertz CT molecular complexity index is 791. The Labute approximate surface area is 139 Å². The van der Waals surface area contributed by atoms with Crippen LogP contribution in [0.1, 0.15) is 30.6 Å². The van der Waals surface area contributed by atoms with Crippen LogP contribution in [0.5, 0.6) is 0 Å². The summed E-state index contributed by atoms with van der Waals surface area (Å²) in [6, 6.07) is 5.13. The van der Waals surface area contributed by atoms with Gasteiger partial charge in [-0.3, -0.25) is 9.59 Å². The molecule has 0 saturated carbocycles.